The number of aryl methyl sites for hydroxylation is 1. The van der Waals surface area contributed by atoms with Crippen molar-refractivity contribution in [3.63, 3.8) is 0 Å². The number of alkyl halides is 3. The van der Waals surface area contributed by atoms with Gasteiger partial charge in [-0.2, -0.15) is 18.3 Å². The van der Waals surface area contributed by atoms with Crippen LogP contribution in [0.5, 0.6) is 0 Å². The van der Waals surface area contributed by atoms with Crippen molar-refractivity contribution in [2.24, 2.45) is 0 Å². The lowest BCUT2D eigenvalue weighted by Crippen LogP contribution is -2.06. The second-order valence-electron chi connectivity index (χ2n) is 5.64. The Hall–Kier alpha value is -2.57. The van der Waals surface area contributed by atoms with Gasteiger partial charge in [0.2, 0.25) is 0 Å². The van der Waals surface area contributed by atoms with Crippen molar-refractivity contribution < 1.29 is 13.2 Å². The minimum Gasteiger partial charge on any atom is -0.398 e. The minimum atomic E-state index is -4.35. The first-order valence-electron chi connectivity index (χ1n) is 7.28. The predicted octanol–water partition coefficient (Wildman–Crippen LogP) is 3.51. The van der Waals surface area contributed by atoms with Crippen LogP contribution in [0.4, 0.5) is 18.9 Å². The first-order chi connectivity index (χ1) is 10.9. The lowest BCUT2D eigenvalue weighted by Gasteiger charge is -2.09. The third-order valence-corrected chi connectivity index (χ3v) is 4.23. The summed E-state index contributed by atoms with van der Waals surface area (Å²) in [5.41, 5.74) is 9.34. The molecule has 2 heterocycles. The van der Waals surface area contributed by atoms with Crippen LogP contribution in [0.25, 0.3) is 16.7 Å². The number of nitrogens with two attached hydrogens (primary N) is 1. The van der Waals surface area contributed by atoms with Crippen LogP contribution in [-0.4, -0.2) is 14.8 Å². The number of pyridine rings is 1. The van der Waals surface area contributed by atoms with Crippen LogP contribution in [0.1, 0.15) is 23.2 Å². The standard InChI is InChI=1S/C16H13F3N4/c17-16(18,19)9-4-6-10(7-5-9)23-15-12(8-21-23)14(20)11-2-1-3-13(11)22-15/h4-8H,1-3H2,(H2,20,22). The molecule has 0 saturated heterocycles. The van der Waals surface area contributed by atoms with Gasteiger partial charge in [-0.15, -0.1) is 0 Å². The maximum absolute atomic E-state index is 12.7. The molecule has 1 aliphatic rings. The number of aromatic nitrogens is 3. The summed E-state index contributed by atoms with van der Waals surface area (Å²) in [4.78, 5) is 4.62. The van der Waals surface area contributed by atoms with Gasteiger partial charge in [0, 0.05) is 11.4 Å². The van der Waals surface area contributed by atoms with Crippen LogP contribution in [0.2, 0.25) is 0 Å². The van der Waals surface area contributed by atoms with Gasteiger partial charge in [0.15, 0.2) is 5.65 Å². The highest BCUT2D eigenvalue weighted by molar-refractivity contribution is 5.91. The molecule has 7 heteroatoms. The zero-order chi connectivity index (χ0) is 16.2. The molecule has 4 rings (SSSR count). The Morgan fingerprint density at radius 2 is 1.83 bits per heavy atom. The summed E-state index contributed by atoms with van der Waals surface area (Å²) in [6, 6.07) is 4.86. The summed E-state index contributed by atoms with van der Waals surface area (Å²) < 4.78 is 39.5. The van der Waals surface area contributed by atoms with E-state index in [1.54, 1.807) is 6.20 Å². The summed E-state index contributed by atoms with van der Waals surface area (Å²) in [5.74, 6) is 0. The molecule has 2 N–H and O–H groups in total. The normalized spacial score (nSPS) is 14.4. The molecule has 0 saturated carbocycles. The van der Waals surface area contributed by atoms with Gasteiger partial charge in [-0.1, -0.05) is 0 Å². The van der Waals surface area contributed by atoms with E-state index in [1.165, 1.54) is 16.8 Å². The number of nitrogen functional groups attached to an aromatic ring is 1. The van der Waals surface area contributed by atoms with Crippen LogP contribution in [0.3, 0.4) is 0 Å². The maximum atomic E-state index is 12.7. The molecule has 0 fully saturated rings. The average molecular weight is 318 g/mol. The van der Waals surface area contributed by atoms with Crippen molar-refractivity contribution in [2.45, 2.75) is 25.4 Å². The van der Waals surface area contributed by atoms with E-state index < -0.39 is 11.7 Å². The van der Waals surface area contributed by atoms with E-state index in [0.717, 1.165) is 48.0 Å². The van der Waals surface area contributed by atoms with Crippen molar-refractivity contribution in [3.05, 3.63) is 47.3 Å². The van der Waals surface area contributed by atoms with Gasteiger partial charge in [0.25, 0.3) is 0 Å². The molecule has 1 aromatic carbocycles. The summed E-state index contributed by atoms with van der Waals surface area (Å²) >= 11 is 0. The van der Waals surface area contributed by atoms with Crippen LogP contribution in [0, 0.1) is 0 Å². The van der Waals surface area contributed by atoms with Crippen molar-refractivity contribution in [3.8, 4) is 5.69 Å². The van der Waals surface area contributed by atoms with E-state index in [-0.39, 0.29) is 0 Å². The van der Waals surface area contributed by atoms with Gasteiger partial charge < -0.3 is 5.73 Å². The summed E-state index contributed by atoms with van der Waals surface area (Å²) in [6.07, 6.45) is 0.0677. The van der Waals surface area contributed by atoms with Crippen LogP contribution >= 0.6 is 0 Å². The molecule has 0 spiro atoms. The third kappa shape index (κ3) is 2.15. The lowest BCUT2D eigenvalue weighted by atomic mass is 10.1. The zero-order valence-corrected chi connectivity index (χ0v) is 12.1. The van der Waals surface area contributed by atoms with E-state index in [0.29, 0.717) is 17.0 Å². The van der Waals surface area contributed by atoms with Gasteiger partial charge in [-0.3, -0.25) is 0 Å². The fourth-order valence-electron chi connectivity index (χ4n) is 3.05. The van der Waals surface area contributed by atoms with Crippen LogP contribution < -0.4 is 5.73 Å². The Morgan fingerprint density at radius 3 is 2.52 bits per heavy atom. The number of rotatable bonds is 1. The Bertz CT molecular complexity index is 894. The molecule has 0 amide bonds. The third-order valence-electron chi connectivity index (χ3n) is 4.23. The van der Waals surface area contributed by atoms with E-state index in [4.69, 9.17) is 5.73 Å². The second-order valence-corrected chi connectivity index (χ2v) is 5.64. The molecule has 0 unspecified atom stereocenters. The molecule has 1 aliphatic carbocycles. The van der Waals surface area contributed by atoms with Gasteiger partial charge in [-0.05, 0) is 49.1 Å². The first-order valence-corrected chi connectivity index (χ1v) is 7.28. The van der Waals surface area contributed by atoms with E-state index in [2.05, 4.69) is 10.1 Å². The number of halogens is 3. The number of anilines is 1. The average Bonchev–Trinajstić information content (AvgIpc) is 3.14. The van der Waals surface area contributed by atoms with Gasteiger partial charge in [0.05, 0.1) is 22.8 Å². The smallest absolute Gasteiger partial charge is 0.398 e. The summed E-state index contributed by atoms with van der Waals surface area (Å²) in [5, 5.41) is 4.99. The SMILES string of the molecule is Nc1c2c(nc3c1cnn3-c1ccc(C(F)(F)F)cc1)CCC2. The molecule has 23 heavy (non-hydrogen) atoms. The summed E-state index contributed by atoms with van der Waals surface area (Å²) in [7, 11) is 0. The summed E-state index contributed by atoms with van der Waals surface area (Å²) in [6.45, 7) is 0. The number of nitrogens with zero attached hydrogens (tertiary/aromatic N) is 3. The van der Waals surface area contributed by atoms with E-state index >= 15 is 0 Å². The van der Waals surface area contributed by atoms with Crippen molar-refractivity contribution in [2.75, 3.05) is 5.73 Å². The lowest BCUT2D eigenvalue weighted by molar-refractivity contribution is -0.137. The van der Waals surface area contributed by atoms with Gasteiger partial charge >= 0.3 is 6.18 Å². The van der Waals surface area contributed by atoms with E-state index in [9.17, 15) is 13.2 Å². The minimum absolute atomic E-state index is 0.526. The molecule has 0 radical (unpaired) electrons. The van der Waals surface area contributed by atoms with E-state index in [1.807, 2.05) is 0 Å². The highest BCUT2D eigenvalue weighted by atomic mass is 19.4. The number of benzene rings is 1. The van der Waals surface area contributed by atoms with Crippen molar-refractivity contribution in [1.29, 1.82) is 0 Å². The predicted molar refractivity (Wildman–Crippen MR) is 80.3 cm³/mol. The molecule has 4 nitrogen and oxygen atoms in total. The zero-order valence-electron chi connectivity index (χ0n) is 12.1. The Morgan fingerprint density at radius 1 is 1.09 bits per heavy atom. The van der Waals surface area contributed by atoms with Gasteiger partial charge in [0.1, 0.15) is 0 Å². The van der Waals surface area contributed by atoms with Crippen molar-refractivity contribution in [1.82, 2.24) is 14.8 Å². The monoisotopic (exact) mass is 318 g/mol. The highest BCUT2D eigenvalue weighted by Gasteiger charge is 2.30. The largest absolute Gasteiger partial charge is 0.416 e. The molecule has 3 aromatic rings. The van der Waals surface area contributed by atoms with Gasteiger partial charge in [-0.25, -0.2) is 9.67 Å². The Kier molecular flexibility index (Phi) is 2.88. The topological polar surface area (TPSA) is 56.7 Å². The number of hydrogen-bond acceptors (Lipinski definition) is 3. The maximum Gasteiger partial charge on any atom is 0.416 e. The molecule has 118 valence electrons. The molecule has 0 bridgehead atoms. The Balaban J connectivity index is 1.85. The fraction of sp³-hybridized carbons (Fsp3) is 0.250. The molecular weight excluding hydrogens is 305 g/mol. The van der Waals surface area contributed by atoms with Crippen LogP contribution in [0.15, 0.2) is 30.5 Å². The quantitative estimate of drug-likeness (QED) is 0.747. The van der Waals surface area contributed by atoms with Crippen LogP contribution in [-0.2, 0) is 19.0 Å². The number of fused-ring (bicyclic) bond motifs is 2. The highest BCUT2D eigenvalue weighted by Crippen LogP contribution is 2.33. The Labute approximate surface area is 129 Å². The number of hydrogen-bond donors (Lipinski definition) is 1. The molecule has 2 aromatic heterocycles. The van der Waals surface area contributed by atoms with Crippen molar-refractivity contribution >= 4 is 16.7 Å². The second kappa shape index (κ2) is 4.71. The molecule has 0 atom stereocenters. The molecule has 0 aliphatic heterocycles. The molecular formula is C16H13F3N4. The first kappa shape index (κ1) is 14.0. The fourth-order valence-corrected chi connectivity index (χ4v) is 3.05.